The maximum absolute atomic E-state index is 5.01. The largest absolute Gasteiger partial charge is 0.380 e. The molecule has 0 atom stereocenters. The van der Waals surface area contributed by atoms with Crippen LogP contribution in [0.15, 0.2) is 24.3 Å². The summed E-state index contributed by atoms with van der Waals surface area (Å²) in [6.45, 7) is 0.688. The van der Waals surface area contributed by atoms with Crippen molar-refractivity contribution in [3.8, 4) is 0 Å². The third kappa shape index (κ3) is 2.24. The minimum atomic E-state index is 0.688. The highest BCUT2D eigenvalue weighted by molar-refractivity contribution is 5.45. The van der Waals surface area contributed by atoms with Crippen molar-refractivity contribution in [2.45, 2.75) is 6.61 Å². The molecule has 0 unspecified atom stereocenters. The Morgan fingerprint density at radius 1 is 1.17 bits per heavy atom. The highest BCUT2D eigenvalue weighted by Gasteiger charge is 1.94. The van der Waals surface area contributed by atoms with Gasteiger partial charge in [0.05, 0.1) is 6.61 Å². The molecule has 1 rings (SSSR count). The summed E-state index contributed by atoms with van der Waals surface area (Å²) in [4.78, 5) is 2.08. The number of hydrogen-bond donors (Lipinski definition) is 0. The molecular formula is C10H15NO. The molecule has 0 aliphatic rings. The van der Waals surface area contributed by atoms with Gasteiger partial charge >= 0.3 is 0 Å². The lowest BCUT2D eigenvalue weighted by molar-refractivity contribution is 0.185. The van der Waals surface area contributed by atoms with E-state index in [1.807, 2.05) is 14.1 Å². The highest BCUT2D eigenvalue weighted by atomic mass is 16.5. The van der Waals surface area contributed by atoms with E-state index >= 15 is 0 Å². The van der Waals surface area contributed by atoms with Gasteiger partial charge in [0.1, 0.15) is 0 Å². The van der Waals surface area contributed by atoms with Gasteiger partial charge in [-0.2, -0.15) is 0 Å². The van der Waals surface area contributed by atoms with Crippen LogP contribution >= 0.6 is 0 Å². The van der Waals surface area contributed by atoms with Crippen LogP contribution in [-0.2, 0) is 11.3 Å². The third-order valence-electron chi connectivity index (χ3n) is 1.76. The Kier molecular flexibility index (Phi) is 3.11. The van der Waals surface area contributed by atoms with Crippen molar-refractivity contribution in [1.29, 1.82) is 0 Å². The molecule has 0 aliphatic heterocycles. The van der Waals surface area contributed by atoms with E-state index in [1.165, 1.54) is 11.3 Å². The lowest BCUT2D eigenvalue weighted by Gasteiger charge is -2.12. The van der Waals surface area contributed by atoms with Crippen molar-refractivity contribution < 1.29 is 4.74 Å². The zero-order valence-corrected chi connectivity index (χ0v) is 7.87. The monoisotopic (exact) mass is 165 g/mol. The van der Waals surface area contributed by atoms with Gasteiger partial charge in [0.15, 0.2) is 0 Å². The topological polar surface area (TPSA) is 12.5 Å². The molecule has 0 radical (unpaired) electrons. The minimum Gasteiger partial charge on any atom is -0.380 e. The second-order valence-electron chi connectivity index (χ2n) is 2.99. The summed E-state index contributed by atoms with van der Waals surface area (Å²) in [5.41, 5.74) is 2.43. The molecule has 66 valence electrons. The van der Waals surface area contributed by atoms with E-state index in [0.29, 0.717) is 6.61 Å². The van der Waals surface area contributed by atoms with Crippen LogP contribution in [0.4, 0.5) is 5.69 Å². The molecule has 0 bridgehead atoms. The number of methoxy groups -OCH3 is 1. The summed E-state index contributed by atoms with van der Waals surface area (Å²) in [6, 6.07) is 8.35. The molecule has 0 spiro atoms. The fourth-order valence-corrected chi connectivity index (χ4v) is 1.06. The lowest BCUT2D eigenvalue weighted by atomic mass is 10.2. The number of hydrogen-bond acceptors (Lipinski definition) is 2. The number of benzene rings is 1. The highest BCUT2D eigenvalue weighted by Crippen LogP contribution is 2.12. The van der Waals surface area contributed by atoms with Gasteiger partial charge in [-0.25, -0.2) is 0 Å². The van der Waals surface area contributed by atoms with Crippen LogP contribution in [0.5, 0.6) is 0 Å². The van der Waals surface area contributed by atoms with Gasteiger partial charge in [-0.3, -0.25) is 0 Å². The summed E-state index contributed by atoms with van der Waals surface area (Å²) in [5.74, 6) is 0. The second kappa shape index (κ2) is 4.12. The van der Waals surface area contributed by atoms with Crippen LogP contribution in [0, 0.1) is 0 Å². The van der Waals surface area contributed by atoms with E-state index in [0.717, 1.165) is 0 Å². The predicted octanol–water partition coefficient (Wildman–Crippen LogP) is 1.90. The zero-order chi connectivity index (χ0) is 8.97. The summed E-state index contributed by atoms with van der Waals surface area (Å²) >= 11 is 0. The first-order valence-corrected chi connectivity index (χ1v) is 3.99. The Labute approximate surface area is 73.8 Å². The van der Waals surface area contributed by atoms with Gasteiger partial charge in [-0.05, 0) is 17.7 Å². The summed E-state index contributed by atoms with van der Waals surface area (Å²) in [5, 5.41) is 0. The van der Waals surface area contributed by atoms with Gasteiger partial charge < -0.3 is 9.64 Å². The first-order valence-electron chi connectivity index (χ1n) is 3.99. The molecule has 1 aromatic carbocycles. The van der Waals surface area contributed by atoms with Crippen LogP contribution in [0.1, 0.15) is 5.56 Å². The lowest BCUT2D eigenvalue weighted by Crippen LogP contribution is -2.08. The Morgan fingerprint density at radius 2 is 1.75 bits per heavy atom. The normalized spacial score (nSPS) is 9.92. The molecule has 0 N–H and O–H groups in total. The summed E-state index contributed by atoms with van der Waals surface area (Å²) < 4.78 is 5.01. The number of rotatable bonds is 3. The molecule has 0 aliphatic carbocycles. The average molecular weight is 165 g/mol. The van der Waals surface area contributed by atoms with Crippen molar-refractivity contribution in [2.24, 2.45) is 0 Å². The fourth-order valence-electron chi connectivity index (χ4n) is 1.06. The molecule has 2 heteroatoms. The van der Waals surface area contributed by atoms with Gasteiger partial charge in [-0.1, -0.05) is 12.1 Å². The first kappa shape index (κ1) is 9.07. The summed E-state index contributed by atoms with van der Waals surface area (Å²) in [6.07, 6.45) is 0. The quantitative estimate of drug-likeness (QED) is 0.678. The summed E-state index contributed by atoms with van der Waals surface area (Å²) in [7, 11) is 5.77. The average Bonchev–Trinajstić information content (AvgIpc) is 2.06. The Balaban J connectivity index is 2.71. The molecule has 12 heavy (non-hydrogen) atoms. The van der Waals surface area contributed by atoms with Crippen molar-refractivity contribution in [2.75, 3.05) is 26.1 Å². The Bertz CT molecular complexity index is 228. The molecule has 0 heterocycles. The molecule has 0 saturated carbocycles. The molecule has 0 fully saturated rings. The molecule has 0 aromatic heterocycles. The van der Waals surface area contributed by atoms with Crippen LogP contribution in [-0.4, -0.2) is 21.2 Å². The van der Waals surface area contributed by atoms with E-state index < -0.39 is 0 Å². The number of nitrogens with zero attached hydrogens (tertiary/aromatic N) is 1. The second-order valence-corrected chi connectivity index (χ2v) is 2.99. The van der Waals surface area contributed by atoms with E-state index in [9.17, 15) is 0 Å². The van der Waals surface area contributed by atoms with Crippen LogP contribution in [0.2, 0.25) is 0 Å². The van der Waals surface area contributed by atoms with Crippen molar-refractivity contribution in [3.05, 3.63) is 29.8 Å². The van der Waals surface area contributed by atoms with E-state index in [2.05, 4.69) is 29.2 Å². The van der Waals surface area contributed by atoms with Gasteiger partial charge in [0.2, 0.25) is 0 Å². The Morgan fingerprint density at radius 3 is 2.17 bits per heavy atom. The molecule has 2 nitrogen and oxygen atoms in total. The molecular weight excluding hydrogens is 150 g/mol. The van der Waals surface area contributed by atoms with E-state index in [-0.39, 0.29) is 0 Å². The van der Waals surface area contributed by atoms with Crippen LogP contribution < -0.4 is 4.90 Å². The maximum atomic E-state index is 5.01. The van der Waals surface area contributed by atoms with Crippen molar-refractivity contribution in [3.63, 3.8) is 0 Å². The third-order valence-corrected chi connectivity index (χ3v) is 1.76. The van der Waals surface area contributed by atoms with Gasteiger partial charge in [0, 0.05) is 26.9 Å². The first-order chi connectivity index (χ1) is 5.74. The van der Waals surface area contributed by atoms with Gasteiger partial charge in [0.25, 0.3) is 0 Å². The van der Waals surface area contributed by atoms with Crippen LogP contribution in [0.3, 0.4) is 0 Å². The van der Waals surface area contributed by atoms with Crippen molar-refractivity contribution in [1.82, 2.24) is 0 Å². The standard InChI is InChI=1S/C10H15NO/c1-11(2)10-6-4-9(5-7-10)8-12-3/h4-7H,8H2,1-3H3. The Hall–Kier alpha value is -1.02. The van der Waals surface area contributed by atoms with E-state index in [4.69, 9.17) is 4.74 Å². The van der Waals surface area contributed by atoms with Crippen LogP contribution in [0.25, 0.3) is 0 Å². The maximum Gasteiger partial charge on any atom is 0.0713 e. The van der Waals surface area contributed by atoms with Gasteiger partial charge in [-0.15, -0.1) is 0 Å². The zero-order valence-electron chi connectivity index (χ0n) is 7.87. The number of ether oxygens (including phenoxy) is 1. The molecule has 1 aromatic rings. The van der Waals surface area contributed by atoms with E-state index in [1.54, 1.807) is 7.11 Å². The minimum absolute atomic E-state index is 0.688. The van der Waals surface area contributed by atoms with Crippen molar-refractivity contribution >= 4 is 5.69 Å². The number of anilines is 1. The molecule has 0 amide bonds. The predicted molar refractivity (Wildman–Crippen MR) is 51.5 cm³/mol. The molecule has 0 saturated heterocycles. The smallest absolute Gasteiger partial charge is 0.0713 e. The SMILES string of the molecule is COCc1ccc(N(C)C)cc1. The fraction of sp³-hybridized carbons (Fsp3) is 0.400.